The minimum atomic E-state index is -0.787. The number of esters is 1. The van der Waals surface area contributed by atoms with E-state index in [1.54, 1.807) is 0 Å². The van der Waals surface area contributed by atoms with Gasteiger partial charge in [-0.3, -0.25) is 20.2 Å². The summed E-state index contributed by atoms with van der Waals surface area (Å²) in [5.74, 6) is -0.787. The van der Waals surface area contributed by atoms with Gasteiger partial charge in [-0.15, -0.1) is 0 Å². The van der Waals surface area contributed by atoms with Crippen LogP contribution in [0.3, 0.4) is 0 Å². The van der Waals surface area contributed by atoms with Gasteiger partial charge in [-0.05, 0) is 6.42 Å². The first-order valence-electron chi connectivity index (χ1n) is 7.56. The molecule has 0 amide bonds. The Balaban J connectivity index is 2.58. The van der Waals surface area contributed by atoms with Crippen LogP contribution in [0.1, 0.15) is 55.8 Å². The molecule has 0 heterocycles. The lowest BCUT2D eigenvalue weighted by molar-refractivity contribution is -0.394. The molecular formula is C15H20N2O6. The second-order valence-electron chi connectivity index (χ2n) is 5.16. The summed E-state index contributed by atoms with van der Waals surface area (Å²) < 4.78 is 5.02. The lowest BCUT2D eigenvalue weighted by atomic mass is 10.1. The fraction of sp³-hybridized carbons (Fsp3) is 0.533. The predicted octanol–water partition coefficient (Wildman–Crippen LogP) is 4.02. The van der Waals surface area contributed by atoms with Gasteiger partial charge in [0.15, 0.2) is 0 Å². The van der Waals surface area contributed by atoms with E-state index in [0.717, 1.165) is 43.9 Å². The Hall–Kier alpha value is -2.51. The number of nitro benzene ring substituents is 2. The predicted molar refractivity (Wildman–Crippen MR) is 83.4 cm³/mol. The Labute approximate surface area is 133 Å². The van der Waals surface area contributed by atoms with E-state index >= 15 is 0 Å². The fourth-order valence-electron chi connectivity index (χ4n) is 2.05. The molecule has 0 bridgehead atoms. The summed E-state index contributed by atoms with van der Waals surface area (Å²) in [6.07, 6.45) is 6.17. The van der Waals surface area contributed by atoms with Gasteiger partial charge in [-0.25, -0.2) is 4.79 Å². The molecule has 0 saturated heterocycles. The summed E-state index contributed by atoms with van der Waals surface area (Å²) in [5, 5.41) is 21.5. The number of rotatable bonds is 10. The van der Waals surface area contributed by atoms with E-state index < -0.39 is 27.2 Å². The lowest BCUT2D eigenvalue weighted by Crippen LogP contribution is -2.08. The smallest absolute Gasteiger partial charge is 0.338 e. The molecule has 0 radical (unpaired) electrons. The highest BCUT2D eigenvalue weighted by Crippen LogP contribution is 2.23. The quantitative estimate of drug-likeness (QED) is 0.278. The monoisotopic (exact) mass is 324 g/mol. The second kappa shape index (κ2) is 9.50. The average molecular weight is 324 g/mol. The van der Waals surface area contributed by atoms with E-state index in [1.807, 2.05) is 0 Å². The summed E-state index contributed by atoms with van der Waals surface area (Å²) in [7, 11) is 0. The third-order valence-electron chi connectivity index (χ3n) is 3.29. The Morgan fingerprint density at radius 2 is 1.48 bits per heavy atom. The zero-order chi connectivity index (χ0) is 17.2. The van der Waals surface area contributed by atoms with Gasteiger partial charge >= 0.3 is 5.97 Å². The zero-order valence-electron chi connectivity index (χ0n) is 13.0. The molecule has 1 rings (SSSR count). The molecule has 126 valence electrons. The maximum absolute atomic E-state index is 11.9. The van der Waals surface area contributed by atoms with Crippen LogP contribution in [0.2, 0.25) is 0 Å². The first-order valence-corrected chi connectivity index (χ1v) is 7.56. The van der Waals surface area contributed by atoms with Crippen LogP contribution in [0.15, 0.2) is 18.2 Å². The highest BCUT2D eigenvalue weighted by Gasteiger charge is 2.20. The molecule has 8 heteroatoms. The summed E-state index contributed by atoms with van der Waals surface area (Å²) >= 11 is 0. The van der Waals surface area contributed by atoms with Crippen molar-refractivity contribution in [1.82, 2.24) is 0 Å². The van der Waals surface area contributed by atoms with Crippen LogP contribution in [0.4, 0.5) is 11.4 Å². The van der Waals surface area contributed by atoms with Crippen molar-refractivity contribution in [3.05, 3.63) is 44.0 Å². The molecule has 0 atom stereocenters. The van der Waals surface area contributed by atoms with Crippen LogP contribution in [-0.2, 0) is 4.74 Å². The van der Waals surface area contributed by atoms with Gasteiger partial charge in [0.05, 0.1) is 28.1 Å². The normalized spacial score (nSPS) is 10.3. The molecule has 1 aromatic carbocycles. The number of nitrogens with zero attached hydrogens (tertiary/aromatic N) is 2. The molecule has 0 spiro atoms. The number of ether oxygens (including phenoxy) is 1. The Bertz CT molecular complexity index is 541. The van der Waals surface area contributed by atoms with Gasteiger partial charge in [0.25, 0.3) is 11.4 Å². The molecule has 0 saturated carbocycles. The van der Waals surface area contributed by atoms with Crippen LogP contribution < -0.4 is 0 Å². The number of carbonyl (C=O) groups is 1. The van der Waals surface area contributed by atoms with E-state index in [4.69, 9.17) is 4.74 Å². The van der Waals surface area contributed by atoms with Gasteiger partial charge in [-0.2, -0.15) is 0 Å². The van der Waals surface area contributed by atoms with Gasteiger partial charge < -0.3 is 4.74 Å². The number of carbonyl (C=O) groups excluding carboxylic acids is 1. The number of hydrogen-bond acceptors (Lipinski definition) is 6. The molecule has 23 heavy (non-hydrogen) atoms. The van der Waals surface area contributed by atoms with Crippen LogP contribution in [0.5, 0.6) is 0 Å². The number of hydrogen-bond donors (Lipinski definition) is 0. The van der Waals surface area contributed by atoms with Crippen LogP contribution in [0, 0.1) is 20.2 Å². The third kappa shape index (κ3) is 6.41. The van der Waals surface area contributed by atoms with Crippen molar-refractivity contribution >= 4 is 17.3 Å². The number of benzene rings is 1. The van der Waals surface area contributed by atoms with Gasteiger partial charge in [0.1, 0.15) is 0 Å². The molecular weight excluding hydrogens is 304 g/mol. The molecule has 0 aromatic heterocycles. The average Bonchev–Trinajstić information content (AvgIpc) is 2.53. The van der Waals surface area contributed by atoms with Crippen molar-refractivity contribution in [2.75, 3.05) is 6.61 Å². The summed E-state index contributed by atoms with van der Waals surface area (Å²) in [6.45, 7) is 2.32. The van der Waals surface area contributed by atoms with E-state index in [1.165, 1.54) is 6.42 Å². The fourth-order valence-corrected chi connectivity index (χ4v) is 2.05. The second-order valence-corrected chi connectivity index (χ2v) is 5.16. The van der Waals surface area contributed by atoms with Crippen LogP contribution in [-0.4, -0.2) is 22.4 Å². The summed E-state index contributed by atoms with van der Waals surface area (Å²) in [5.41, 5.74) is -1.20. The molecule has 0 aliphatic rings. The number of nitro groups is 2. The summed E-state index contributed by atoms with van der Waals surface area (Å²) in [4.78, 5) is 31.8. The van der Waals surface area contributed by atoms with E-state index in [2.05, 4.69) is 6.92 Å². The van der Waals surface area contributed by atoms with Crippen molar-refractivity contribution in [3.8, 4) is 0 Å². The first-order chi connectivity index (χ1) is 11.0. The van der Waals surface area contributed by atoms with Crippen molar-refractivity contribution in [3.63, 3.8) is 0 Å². The Morgan fingerprint density at radius 1 is 0.957 bits per heavy atom. The highest BCUT2D eigenvalue weighted by atomic mass is 16.6. The van der Waals surface area contributed by atoms with E-state index in [0.29, 0.717) is 6.42 Å². The minimum Gasteiger partial charge on any atom is -0.462 e. The van der Waals surface area contributed by atoms with E-state index in [-0.39, 0.29) is 12.2 Å². The molecule has 0 aliphatic heterocycles. The topological polar surface area (TPSA) is 113 Å². The van der Waals surface area contributed by atoms with Gasteiger partial charge in [-0.1, -0.05) is 39.0 Å². The highest BCUT2D eigenvalue weighted by molar-refractivity contribution is 5.91. The summed E-state index contributed by atoms with van der Waals surface area (Å²) in [6, 6.07) is 2.78. The van der Waals surface area contributed by atoms with Crippen LogP contribution in [0.25, 0.3) is 0 Å². The molecule has 0 aliphatic carbocycles. The van der Waals surface area contributed by atoms with Crippen molar-refractivity contribution in [2.24, 2.45) is 0 Å². The standard InChI is InChI=1S/C15H20N2O6/c1-2-3-4-5-6-7-8-23-15(18)12-9-13(16(19)20)11-14(10-12)17(21)22/h9-11H,2-8H2,1H3. The minimum absolute atomic E-state index is 0.183. The lowest BCUT2D eigenvalue weighted by Gasteiger charge is -2.05. The SMILES string of the molecule is CCCCCCCCOC(=O)c1cc([N+](=O)[O-])cc([N+](=O)[O-])c1. The number of unbranched alkanes of at least 4 members (excludes halogenated alkanes) is 5. The molecule has 8 nitrogen and oxygen atoms in total. The van der Waals surface area contributed by atoms with Crippen molar-refractivity contribution < 1.29 is 19.4 Å². The van der Waals surface area contributed by atoms with Crippen molar-refractivity contribution in [2.45, 2.75) is 45.4 Å². The van der Waals surface area contributed by atoms with Gasteiger partial charge in [0.2, 0.25) is 0 Å². The molecule has 0 N–H and O–H groups in total. The largest absolute Gasteiger partial charge is 0.462 e. The van der Waals surface area contributed by atoms with Gasteiger partial charge in [0, 0.05) is 12.1 Å². The first kappa shape index (κ1) is 18.5. The van der Waals surface area contributed by atoms with Crippen molar-refractivity contribution in [1.29, 1.82) is 0 Å². The molecule has 0 unspecified atom stereocenters. The third-order valence-corrected chi connectivity index (χ3v) is 3.29. The maximum Gasteiger partial charge on any atom is 0.338 e. The zero-order valence-corrected chi connectivity index (χ0v) is 13.0. The maximum atomic E-state index is 11.9. The Kier molecular flexibility index (Phi) is 7.65. The Morgan fingerprint density at radius 3 is 2.00 bits per heavy atom. The molecule has 1 aromatic rings. The van der Waals surface area contributed by atoms with Crippen LogP contribution >= 0.6 is 0 Å². The van der Waals surface area contributed by atoms with E-state index in [9.17, 15) is 25.0 Å². The number of non-ortho nitro benzene ring substituents is 2. The molecule has 0 fully saturated rings.